The zero-order valence-electron chi connectivity index (χ0n) is 23.7. The number of carbonyl (C=O) groups excluding carboxylic acids is 3. The van der Waals surface area contributed by atoms with Crippen molar-refractivity contribution in [2.45, 2.75) is 61.6 Å². The standard InChI is InChI=1S/C29H45N3O6S/c1-6-8-16-38-27(36)23-22-25(34)32(21(19-33)20(3)4)24(29(22)10-9-28(23,5)39-29)26(35)31(11-7-2)13-12-30-14-17-37-18-15-30/h6-7,20-24,33H,1-2,8-19H2,3-5H3/t21-,22-,23-,24?,28+,29?/m0/s1. The van der Waals surface area contributed by atoms with E-state index in [1.165, 1.54) is 0 Å². The van der Waals surface area contributed by atoms with Gasteiger partial charge < -0.3 is 24.4 Å². The van der Waals surface area contributed by atoms with Gasteiger partial charge in [-0.25, -0.2) is 0 Å². The molecule has 4 heterocycles. The van der Waals surface area contributed by atoms with Gasteiger partial charge in [-0.15, -0.1) is 24.9 Å². The highest BCUT2D eigenvalue weighted by atomic mass is 32.2. The maximum Gasteiger partial charge on any atom is 0.311 e. The molecule has 39 heavy (non-hydrogen) atoms. The topological polar surface area (TPSA) is 99.6 Å². The molecule has 4 rings (SSSR count). The van der Waals surface area contributed by atoms with Gasteiger partial charge in [0.1, 0.15) is 6.04 Å². The van der Waals surface area contributed by atoms with Crippen molar-refractivity contribution in [2.24, 2.45) is 17.8 Å². The maximum atomic E-state index is 14.5. The van der Waals surface area contributed by atoms with E-state index in [0.29, 0.717) is 45.7 Å². The molecule has 2 amide bonds. The van der Waals surface area contributed by atoms with Crippen LogP contribution in [0.25, 0.3) is 0 Å². The minimum Gasteiger partial charge on any atom is -0.465 e. The zero-order chi connectivity index (χ0) is 28.4. The van der Waals surface area contributed by atoms with E-state index < -0.39 is 33.4 Å². The SMILES string of the molecule is C=CCCOC(=O)[C@@H]1[C@H]2C(=O)N([C@@H](CO)C(C)C)C(C(=O)N(CC=C)CCN3CCOCC3)C23CC[C@@]1(C)S3. The van der Waals surface area contributed by atoms with E-state index in [9.17, 15) is 19.5 Å². The van der Waals surface area contributed by atoms with E-state index >= 15 is 0 Å². The van der Waals surface area contributed by atoms with Crippen molar-refractivity contribution in [3.05, 3.63) is 25.3 Å². The van der Waals surface area contributed by atoms with E-state index in [0.717, 1.165) is 19.5 Å². The Hall–Kier alpha value is -1.88. The fourth-order valence-corrected chi connectivity index (χ4v) is 9.34. The molecule has 9 nitrogen and oxygen atoms in total. The molecule has 4 aliphatic heterocycles. The van der Waals surface area contributed by atoms with Crippen LogP contribution in [0.3, 0.4) is 0 Å². The van der Waals surface area contributed by atoms with Gasteiger partial charge in [-0.1, -0.05) is 26.0 Å². The first-order valence-electron chi connectivity index (χ1n) is 14.3. The van der Waals surface area contributed by atoms with Crippen LogP contribution in [0.1, 0.15) is 40.0 Å². The lowest BCUT2D eigenvalue weighted by Crippen LogP contribution is -2.59. The number of esters is 1. The Morgan fingerprint density at radius 1 is 1.26 bits per heavy atom. The van der Waals surface area contributed by atoms with Gasteiger partial charge in [0.05, 0.1) is 49.1 Å². The molecule has 0 aromatic carbocycles. The predicted octanol–water partition coefficient (Wildman–Crippen LogP) is 1.95. The fraction of sp³-hybridized carbons (Fsp3) is 0.759. The van der Waals surface area contributed by atoms with Crippen molar-refractivity contribution in [1.29, 1.82) is 0 Å². The summed E-state index contributed by atoms with van der Waals surface area (Å²) in [5.74, 6) is -2.09. The fourth-order valence-electron chi connectivity index (χ4n) is 7.02. The molecule has 4 fully saturated rings. The van der Waals surface area contributed by atoms with Crippen LogP contribution in [-0.2, 0) is 23.9 Å². The third-order valence-electron chi connectivity index (χ3n) is 9.03. The van der Waals surface area contributed by atoms with Crippen LogP contribution in [0, 0.1) is 17.8 Å². The molecule has 0 aromatic heterocycles. The van der Waals surface area contributed by atoms with E-state index in [1.807, 2.05) is 20.8 Å². The number of carbonyl (C=O) groups is 3. The minimum absolute atomic E-state index is 0.0681. The highest BCUT2D eigenvalue weighted by Crippen LogP contribution is 2.71. The van der Waals surface area contributed by atoms with Crippen molar-refractivity contribution < 1.29 is 29.0 Å². The summed E-state index contributed by atoms with van der Waals surface area (Å²) in [5.41, 5.74) is 0. The van der Waals surface area contributed by atoms with Crippen molar-refractivity contribution >= 4 is 29.5 Å². The van der Waals surface area contributed by atoms with Crippen LogP contribution in [-0.4, -0.2) is 118 Å². The van der Waals surface area contributed by atoms with Gasteiger partial charge in [-0.05, 0) is 32.1 Å². The molecule has 0 aromatic rings. The minimum atomic E-state index is -0.767. The van der Waals surface area contributed by atoms with E-state index in [4.69, 9.17) is 9.47 Å². The Balaban J connectivity index is 1.69. The molecule has 4 saturated heterocycles. The molecular formula is C29H45N3O6S. The smallest absolute Gasteiger partial charge is 0.311 e. The van der Waals surface area contributed by atoms with Gasteiger partial charge in [-0.3, -0.25) is 19.3 Å². The van der Waals surface area contributed by atoms with Gasteiger partial charge in [0.25, 0.3) is 0 Å². The number of morpholine rings is 1. The van der Waals surface area contributed by atoms with Gasteiger partial charge in [0, 0.05) is 37.5 Å². The number of likely N-dealkylation sites (tertiary alicyclic amines) is 1. The summed E-state index contributed by atoms with van der Waals surface area (Å²) in [7, 11) is 0. The Bertz CT molecular complexity index is 955. The Morgan fingerprint density at radius 2 is 1.97 bits per heavy atom. The highest BCUT2D eigenvalue weighted by Gasteiger charge is 2.78. The predicted molar refractivity (Wildman–Crippen MR) is 151 cm³/mol. The first-order chi connectivity index (χ1) is 18.6. The Labute approximate surface area is 236 Å². The maximum absolute atomic E-state index is 14.5. The largest absolute Gasteiger partial charge is 0.465 e. The van der Waals surface area contributed by atoms with Crippen LogP contribution in [0.2, 0.25) is 0 Å². The number of amides is 2. The lowest BCUT2D eigenvalue weighted by molar-refractivity contribution is -0.156. The van der Waals surface area contributed by atoms with Crippen LogP contribution < -0.4 is 0 Å². The molecular weight excluding hydrogens is 518 g/mol. The third-order valence-corrected chi connectivity index (χ3v) is 11.0. The number of ether oxygens (including phenoxy) is 2. The summed E-state index contributed by atoms with van der Waals surface area (Å²) in [5, 5.41) is 10.4. The summed E-state index contributed by atoms with van der Waals surface area (Å²) in [6, 6.07) is -1.29. The number of aliphatic hydroxyl groups is 1. The summed E-state index contributed by atoms with van der Waals surface area (Å²) in [6.07, 6.45) is 5.35. The van der Waals surface area contributed by atoms with Crippen molar-refractivity contribution in [1.82, 2.24) is 14.7 Å². The average Bonchev–Trinajstić information content (AvgIpc) is 3.48. The van der Waals surface area contributed by atoms with Crippen LogP contribution in [0.4, 0.5) is 0 Å². The van der Waals surface area contributed by atoms with Crippen LogP contribution in [0.5, 0.6) is 0 Å². The van der Waals surface area contributed by atoms with Crippen LogP contribution in [0.15, 0.2) is 25.3 Å². The normalized spacial score (nSPS) is 32.8. The van der Waals surface area contributed by atoms with Crippen LogP contribution >= 0.6 is 11.8 Å². The third kappa shape index (κ3) is 5.42. The van der Waals surface area contributed by atoms with Gasteiger partial charge in [0.2, 0.25) is 11.8 Å². The molecule has 0 saturated carbocycles. The lowest BCUT2D eigenvalue weighted by Gasteiger charge is -2.41. The molecule has 2 unspecified atom stereocenters. The van der Waals surface area contributed by atoms with Crippen molar-refractivity contribution in [3.8, 4) is 0 Å². The number of aliphatic hydroxyl groups excluding tert-OH is 1. The van der Waals surface area contributed by atoms with E-state index in [1.54, 1.807) is 33.7 Å². The molecule has 1 N–H and O–H groups in total. The van der Waals surface area contributed by atoms with Gasteiger partial charge in [0.15, 0.2) is 0 Å². The Kier molecular flexibility index (Phi) is 9.51. The summed E-state index contributed by atoms with van der Waals surface area (Å²) < 4.78 is 9.86. The molecule has 6 atom stereocenters. The molecule has 218 valence electrons. The number of fused-ring (bicyclic) bond motifs is 1. The average molecular weight is 564 g/mol. The summed E-state index contributed by atoms with van der Waals surface area (Å²) in [4.78, 5) is 48.0. The van der Waals surface area contributed by atoms with Gasteiger partial charge >= 0.3 is 5.97 Å². The summed E-state index contributed by atoms with van der Waals surface area (Å²) >= 11 is 1.63. The first kappa shape index (κ1) is 30.1. The number of thioether (sulfide) groups is 1. The second-order valence-electron chi connectivity index (χ2n) is 11.7. The molecule has 0 radical (unpaired) electrons. The van der Waals surface area contributed by atoms with Crippen molar-refractivity contribution in [2.75, 3.05) is 59.2 Å². The number of rotatable bonds is 13. The number of hydrogen-bond donors (Lipinski definition) is 1. The molecule has 0 aliphatic carbocycles. The highest BCUT2D eigenvalue weighted by molar-refractivity contribution is 8.02. The van der Waals surface area contributed by atoms with Crippen molar-refractivity contribution in [3.63, 3.8) is 0 Å². The van der Waals surface area contributed by atoms with E-state index in [-0.39, 0.29) is 36.9 Å². The second kappa shape index (κ2) is 12.3. The summed E-state index contributed by atoms with van der Waals surface area (Å²) in [6.45, 7) is 18.1. The molecule has 2 bridgehead atoms. The molecule has 4 aliphatic rings. The first-order valence-corrected chi connectivity index (χ1v) is 15.1. The zero-order valence-corrected chi connectivity index (χ0v) is 24.5. The molecule has 1 spiro atoms. The second-order valence-corrected chi connectivity index (χ2v) is 13.6. The quantitative estimate of drug-likeness (QED) is 0.206. The number of hydrogen-bond acceptors (Lipinski definition) is 8. The Morgan fingerprint density at radius 3 is 2.59 bits per heavy atom. The number of nitrogens with zero attached hydrogens (tertiary/aromatic N) is 3. The van der Waals surface area contributed by atoms with E-state index in [2.05, 4.69) is 18.1 Å². The monoisotopic (exact) mass is 563 g/mol. The van der Waals surface area contributed by atoms with Gasteiger partial charge in [-0.2, -0.15) is 0 Å². The molecule has 10 heteroatoms. The lowest BCUT2D eigenvalue weighted by atomic mass is 9.66.